The summed E-state index contributed by atoms with van der Waals surface area (Å²) in [5, 5.41) is 0. The van der Waals surface area contributed by atoms with Crippen LogP contribution in [0.3, 0.4) is 0 Å². The molecule has 2 aromatic rings. The molecule has 2 N–H and O–H groups in total. The number of halogens is 2. The van der Waals surface area contributed by atoms with Crippen molar-refractivity contribution in [2.75, 3.05) is 32.0 Å². The molecule has 2 saturated heterocycles. The van der Waals surface area contributed by atoms with E-state index in [1.807, 2.05) is 0 Å². The third kappa shape index (κ3) is 3.91. The fraction of sp³-hybridized carbons (Fsp3) is 0.524. The second-order valence-corrected chi connectivity index (χ2v) is 8.14. The smallest absolute Gasteiger partial charge is 0.387 e. The lowest BCUT2D eigenvalue weighted by molar-refractivity contribution is -0.0573. The SMILES string of the molecule is Nc1ncc(-c2cc(C3CCN(C4COC4)C3)cc(C3CC3)n2)cc1OC(F)F. The van der Waals surface area contributed by atoms with E-state index >= 15 is 0 Å². The van der Waals surface area contributed by atoms with Gasteiger partial charge in [0.05, 0.1) is 24.9 Å². The van der Waals surface area contributed by atoms with Crippen LogP contribution in [-0.2, 0) is 4.74 Å². The zero-order valence-electron chi connectivity index (χ0n) is 16.1. The molecule has 1 atom stereocenters. The molecule has 154 valence electrons. The minimum atomic E-state index is -2.95. The summed E-state index contributed by atoms with van der Waals surface area (Å²) in [6, 6.07) is 6.34. The highest BCUT2D eigenvalue weighted by atomic mass is 19.3. The normalized spacial score (nSPS) is 22.8. The van der Waals surface area contributed by atoms with Gasteiger partial charge in [-0.25, -0.2) is 4.98 Å². The van der Waals surface area contributed by atoms with E-state index in [0.717, 1.165) is 57.0 Å². The number of hydrogen-bond acceptors (Lipinski definition) is 6. The molecule has 2 aromatic heterocycles. The molecular formula is C21H24F2N4O2. The fourth-order valence-corrected chi connectivity index (χ4v) is 4.16. The van der Waals surface area contributed by atoms with Gasteiger partial charge in [-0.3, -0.25) is 9.88 Å². The lowest BCUT2D eigenvalue weighted by Gasteiger charge is -2.34. The Hall–Kier alpha value is -2.32. The van der Waals surface area contributed by atoms with Crippen LogP contribution >= 0.6 is 0 Å². The molecule has 3 aliphatic rings. The van der Waals surface area contributed by atoms with Crippen LogP contribution in [0.5, 0.6) is 5.75 Å². The lowest BCUT2D eigenvalue weighted by atomic mass is 9.95. The average molecular weight is 402 g/mol. The van der Waals surface area contributed by atoms with Gasteiger partial charge < -0.3 is 15.2 Å². The van der Waals surface area contributed by atoms with E-state index in [-0.39, 0.29) is 11.6 Å². The Morgan fingerprint density at radius 2 is 1.97 bits per heavy atom. The minimum Gasteiger partial charge on any atom is -0.431 e. The van der Waals surface area contributed by atoms with Crippen molar-refractivity contribution in [1.82, 2.24) is 14.9 Å². The summed E-state index contributed by atoms with van der Waals surface area (Å²) >= 11 is 0. The zero-order chi connectivity index (χ0) is 20.0. The van der Waals surface area contributed by atoms with Gasteiger partial charge in [-0.1, -0.05) is 0 Å². The number of nitrogen functional groups attached to an aromatic ring is 1. The molecule has 1 unspecified atom stereocenters. The Morgan fingerprint density at radius 3 is 2.66 bits per heavy atom. The number of rotatable bonds is 6. The number of anilines is 1. The number of nitrogens with two attached hydrogens (primary N) is 1. The lowest BCUT2D eigenvalue weighted by Crippen LogP contribution is -2.47. The molecule has 2 aliphatic heterocycles. The molecule has 4 heterocycles. The molecule has 1 saturated carbocycles. The second kappa shape index (κ2) is 7.50. The molecule has 8 heteroatoms. The van der Waals surface area contributed by atoms with E-state index in [0.29, 0.717) is 23.4 Å². The van der Waals surface area contributed by atoms with E-state index in [1.54, 1.807) is 6.20 Å². The van der Waals surface area contributed by atoms with Crippen molar-refractivity contribution in [1.29, 1.82) is 0 Å². The summed E-state index contributed by atoms with van der Waals surface area (Å²) in [7, 11) is 0. The van der Waals surface area contributed by atoms with Crippen LogP contribution in [0.15, 0.2) is 24.4 Å². The Morgan fingerprint density at radius 1 is 1.14 bits per heavy atom. The van der Waals surface area contributed by atoms with Gasteiger partial charge >= 0.3 is 6.61 Å². The molecule has 0 amide bonds. The van der Waals surface area contributed by atoms with Crippen molar-refractivity contribution in [2.45, 2.75) is 43.8 Å². The Kier molecular flexibility index (Phi) is 4.83. The van der Waals surface area contributed by atoms with Crippen LogP contribution in [0.4, 0.5) is 14.6 Å². The van der Waals surface area contributed by atoms with Crippen LogP contribution in [0.1, 0.15) is 42.4 Å². The first kappa shape index (κ1) is 18.7. The van der Waals surface area contributed by atoms with Gasteiger partial charge in [0.1, 0.15) is 0 Å². The first-order valence-corrected chi connectivity index (χ1v) is 10.1. The topological polar surface area (TPSA) is 73.5 Å². The molecule has 6 nitrogen and oxygen atoms in total. The van der Waals surface area contributed by atoms with Gasteiger partial charge in [0.2, 0.25) is 0 Å². The van der Waals surface area contributed by atoms with Crippen LogP contribution in [-0.4, -0.2) is 53.8 Å². The molecule has 5 rings (SSSR count). The van der Waals surface area contributed by atoms with Crippen molar-refractivity contribution in [2.24, 2.45) is 0 Å². The molecular weight excluding hydrogens is 378 g/mol. The van der Waals surface area contributed by atoms with E-state index in [1.165, 1.54) is 11.6 Å². The van der Waals surface area contributed by atoms with Crippen molar-refractivity contribution >= 4 is 5.82 Å². The molecule has 0 bridgehead atoms. The number of pyridine rings is 2. The molecule has 29 heavy (non-hydrogen) atoms. The maximum Gasteiger partial charge on any atom is 0.387 e. The number of nitrogens with zero attached hydrogens (tertiary/aromatic N) is 3. The van der Waals surface area contributed by atoms with Crippen LogP contribution in [0, 0.1) is 0 Å². The summed E-state index contributed by atoms with van der Waals surface area (Å²) in [4.78, 5) is 11.4. The van der Waals surface area contributed by atoms with Gasteiger partial charge in [0.15, 0.2) is 11.6 Å². The predicted octanol–water partition coefficient (Wildman–Crippen LogP) is 3.39. The van der Waals surface area contributed by atoms with E-state index < -0.39 is 6.61 Å². The third-order valence-electron chi connectivity index (χ3n) is 6.08. The van der Waals surface area contributed by atoms with Crippen molar-refractivity contribution < 1.29 is 18.3 Å². The number of aromatic nitrogens is 2. The highest BCUT2D eigenvalue weighted by Gasteiger charge is 2.34. The zero-order valence-corrected chi connectivity index (χ0v) is 16.1. The summed E-state index contributed by atoms with van der Waals surface area (Å²) in [6.45, 7) is 0.791. The van der Waals surface area contributed by atoms with Gasteiger partial charge in [-0.2, -0.15) is 8.78 Å². The van der Waals surface area contributed by atoms with E-state index in [4.69, 9.17) is 15.5 Å². The predicted molar refractivity (Wildman–Crippen MR) is 104 cm³/mol. The summed E-state index contributed by atoms with van der Waals surface area (Å²) in [5.74, 6) is 0.759. The fourth-order valence-electron chi connectivity index (χ4n) is 4.16. The average Bonchev–Trinajstić information content (AvgIpc) is 3.40. The van der Waals surface area contributed by atoms with Crippen molar-refractivity contribution in [3.05, 3.63) is 35.7 Å². The maximum absolute atomic E-state index is 12.7. The standard InChI is InChI=1S/C21H24F2N4O2/c22-21(23)29-19-7-15(8-25-20(19)24)18-6-14(5-17(26-18)12-1-2-12)13-3-4-27(9-13)16-10-28-11-16/h5-8,12-13,16,21H,1-4,9-11H2,(H2,24,25). The van der Waals surface area contributed by atoms with Gasteiger partial charge in [-0.05, 0) is 55.5 Å². The summed E-state index contributed by atoms with van der Waals surface area (Å²) < 4.78 is 35.2. The number of hydrogen-bond donors (Lipinski definition) is 1. The van der Waals surface area contributed by atoms with Gasteiger partial charge in [-0.15, -0.1) is 0 Å². The van der Waals surface area contributed by atoms with Gasteiger partial charge in [0.25, 0.3) is 0 Å². The first-order chi connectivity index (χ1) is 14.1. The minimum absolute atomic E-state index is 0.0539. The molecule has 0 radical (unpaired) electrons. The molecule has 0 aromatic carbocycles. The van der Waals surface area contributed by atoms with E-state index in [9.17, 15) is 8.78 Å². The maximum atomic E-state index is 12.7. The highest BCUT2D eigenvalue weighted by Crippen LogP contribution is 2.42. The monoisotopic (exact) mass is 402 g/mol. The van der Waals surface area contributed by atoms with Crippen LogP contribution in [0.25, 0.3) is 11.3 Å². The molecule has 0 spiro atoms. The first-order valence-electron chi connectivity index (χ1n) is 10.1. The Bertz CT molecular complexity index is 902. The van der Waals surface area contributed by atoms with Crippen molar-refractivity contribution in [3.8, 4) is 17.0 Å². The highest BCUT2D eigenvalue weighted by molar-refractivity contribution is 5.65. The van der Waals surface area contributed by atoms with Crippen LogP contribution in [0.2, 0.25) is 0 Å². The summed E-state index contributed by atoms with van der Waals surface area (Å²) in [5.41, 5.74) is 9.40. The Balaban J connectivity index is 1.46. The largest absolute Gasteiger partial charge is 0.431 e. The number of ether oxygens (including phenoxy) is 2. The number of alkyl halides is 2. The van der Waals surface area contributed by atoms with Gasteiger partial charge in [0, 0.05) is 29.9 Å². The van der Waals surface area contributed by atoms with E-state index in [2.05, 4.69) is 26.8 Å². The summed E-state index contributed by atoms with van der Waals surface area (Å²) in [6.07, 6.45) is 4.96. The number of likely N-dealkylation sites (tertiary alicyclic amines) is 1. The van der Waals surface area contributed by atoms with Crippen molar-refractivity contribution in [3.63, 3.8) is 0 Å². The quantitative estimate of drug-likeness (QED) is 0.799. The third-order valence-corrected chi connectivity index (χ3v) is 6.08. The molecule has 1 aliphatic carbocycles. The Labute approximate surface area is 168 Å². The second-order valence-electron chi connectivity index (χ2n) is 8.14. The van der Waals surface area contributed by atoms with Crippen LogP contribution < -0.4 is 10.5 Å². The molecule has 3 fully saturated rings.